The molecule has 2 aromatic heterocycles. The standard InChI is InChI=1S/C15H19ClN2O2/c1-15(2,3)18-6-11-4-14(19-9-11)10-20-13-5-12(16)7-17-8-13/h4-5,7-9,18H,6,10H2,1-3H3. The zero-order valence-corrected chi connectivity index (χ0v) is 12.7. The number of ether oxygens (including phenoxy) is 1. The number of furan rings is 1. The Bertz CT molecular complexity index is 561. The Morgan fingerprint density at radius 3 is 2.80 bits per heavy atom. The summed E-state index contributed by atoms with van der Waals surface area (Å²) in [5.41, 5.74) is 1.18. The number of nitrogens with one attached hydrogen (secondary N) is 1. The molecule has 0 aliphatic rings. The van der Waals surface area contributed by atoms with Gasteiger partial charge in [-0.05, 0) is 26.8 Å². The molecule has 0 saturated heterocycles. The van der Waals surface area contributed by atoms with E-state index in [0.29, 0.717) is 17.4 Å². The summed E-state index contributed by atoms with van der Waals surface area (Å²) in [6.45, 7) is 7.51. The molecule has 0 amide bonds. The summed E-state index contributed by atoms with van der Waals surface area (Å²) in [6.07, 6.45) is 4.93. The second kappa shape index (κ2) is 6.29. The van der Waals surface area contributed by atoms with Gasteiger partial charge >= 0.3 is 0 Å². The van der Waals surface area contributed by atoms with Crippen LogP contribution in [0, 0.1) is 0 Å². The van der Waals surface area contributed by atoms with Crippen LogP contribution in [0.1, 0.15) is 32.1 Å². The average molecular weight is 295 g/mol. The highest BCUT2D eigenvalue weighted by molar-refractivity contribution is 6.30. The lowest BCUT2D eigenvalue weighted by molar-refractivity contribution is 0.269. The molecule has 2 aromatic rings. The smallest absolute Gasteiger partial charge is 0.146 e. The van der Waals surface area contributed by atoms with Crippen molar-refractivity contribution >= 4 is 11.6 Å². The SMILES string of the molecule is CC(C)(C)NCc1coc(COc2cncc(Cl)c2)c1. The van der Waals surface area contributed by atoms with Gasteiger partial charge in [0.25, 0.3) is 0 Å². The molecule has 0 fully saturated rings. The first-order chi connectivity index (χ1) is 9.42. The van der Waals surface area contributed by atoms with Crippen LogP contribution in [0.15, 0.2) is 35.2 Å². The number of pyridine rings is 1. The third kappa shape index (κ3) is 4.87. The second-order valence-electron chi connectivity index (χ2n) is 5.65. The lowest BCUT2D eigenvalue weighted by Gasteiger charge is -2.19. The molecular weight excluding hydrogens is 276 g/mol. The number of nitrogens with zero attached hydrogens (tertiary/aromatic N) is 1. The minimum Gasteiger partial charge on any atom is -0.484 e. The van der Waals surface area contributed by atoms with E-state index in [1.165, 1.54) is 0 Å². The third-order valence-corrected chi connectivity index (χ3v) is 2.80. The molecule has 1 N–H and O–H groups in total. The van der Waals surface area contributed by atoms with Gasteiger partial charge in [0.1, 0.15) is 18.1 Å². The Labute approximate surface area is 124 Å². The van der Waals surface area contributed by atoms with Crippen LogP contribution >= 0.6 is 11.6 Å². The highest BCUT2D eigenvalue weighted by Crippen LogP contribution is 2.17. The van der Waals surface area contributed by atoms with E-state index in [9.17, 15) is 0 Å². The van der Waals surface area contributed by atoms with Crippen molar-refractivity contribution in [2.75, 3.05) is 0 Å². The first kappa shape index (κ1) is 14.9. The molecule has 0 spiro atoms. The molecule has 2 heterocycles. The summed E-state index contributed by atoms with van der Waals surface area (Å²) in [5.74, 6) is 1.40. The quantitative estimate of drug-likeness (QED) is 0.911. The first-order valence-electron chi connectivity index (χ1n) is 6.47. The lowest BCUT2D eigenvalue weighted by Crippen LogP contribution is -2.34. The van der Waals surface area contributed by atoms with Crippen molar-refractivity contribution in [1.82, 2.24) is 10.3 Å². The van der Waals surface area contributed by atoms with Gasteiger partial charge in [-0.1, -0.05) is 11.6 Å². The molecule has 0 saturated carbocycles. The molecule has 0 aromatic carbocycles. The Hall–Kier alpha value is -1.52. The predicted octanol–water partition coefficient (Wildman–Crippen LogP) is 3.80. The molecule has 0 atom stereocenters. The molecule has 2 rings (SSSR count). The minimum absolute atomic E-state index is 0.0837. The fourth-order valence-electron chi connectivity index (χ4n) is 1.59. The topological polar surface area (TPSA) is 47.3 Å². The number of hydrogen-bond acceptors (Lipinski definition) is 4. The van der Waals surface area contributed by atoms with Gasteiger partial charge < -0.3 is 14.5 Å². The Kier molecular flexibility index (Phi) is 4.68. The Morgan fingerprint density at radius 2 is 2.10 bits per heavy atom. The maximum Gasteiger partial charge on any atom is 0.146 e. The third-order valence-electron chi connectivity index (χ3n) is 2.59. The molecule has 0 aliphatic heterocycles. The molecule has 5 heteroatoms. The van der Waals surface area contributed by atoms with Crippen LogP contribution in [0.5, 0.6) is 5.75 Å². The lowest BCUT2D eigenvalue weighted by atomic mass is 10.1. The van der Waals surface area contributed by atoms with Crippen molar-refractivity contribution in [3.05, 3.63) is 47.1 Å². The van der Waals surface area contributed by atoms with E-state index >= 15 is 0 Å². The van der Waals surface area contributed by atoms with Crippen LogP contribution in [-0.2, 0) is 13.2 Å². The summed E-state index contributed by atoms with van der Waals surface area (Å²) in [4.78, 5) is 3.96. The Balaban J connectivity index is 1.87. The van der Waals surface area contributed by atoms with Crippen LogP contribution < -0.4 is 10.1 Å². The Morgan fingerprint density at radius 1 is 1.30 bits per heavy atom. The summed E-state index contributed by atoms with van der Waals surface area (Å²) in [6, 6.07) is 3.70. The van der Waals surface area contributed by atoms with Crippen molar-refractivity contribution in [3.63, 3.8) is 0 Å². The molecule has 20 heavy (non-hydrogen) atoms. The maximum absolute atomic E-state index is 5.84. The van der Waals surface area contributed by atoms with Crippen LogP contribution in [0.3, 0.4) is 0 Å². The monoisotopic (exact) mass is 294 g/mol. The van der Waals surface area contributed by atoms with Crippen LogP contribution in [0.4, 0.5) is 0 Å². The minimum atomic E-state index is 0.0837. The normalized spacial score (nSPS) is 11.6. The fourth-order valence-corrected chi connectivity index (χ4v) is 1.75. The summed E-state index contributed by atoms with van der Waals surface area (Å²) < 4.78 is 11.0. The number of aromatic nitrogens is 1. The van der Waals surface area contributed by atoms with Gasteiger partial charge in [-0.2, -0.15) is 0 Å². The van der Waals surface area contributed by atoms with E-state index < -0.39 is 0 Å². The van der Waals surface area contributed by atoms with Gasteiger partial charge in [0.05, 0.1) is 17.5 Å². The maximum atomic E-state index is 5.84. The second-order valence-corrected chi connectivity index (χ2v) is 6.09. The molecule has 0 bridgehead atoms. The average Bonchev–Trinajstić information content (AvgIpc) is 2.81. The summed E-state index contributed by atoms with van der Waals surface area (Å²) >= 11 is 5.84. The number of halogens is 1. The van der Waals surface area contributed by atoms with E-state index in [2.05, 4.69) is 31.1 Å². The van der Waals surface area contributed by atoms with Gasteiger partial charge in [0.2, 0.25) is 0 Å². The number of rotatable bonds is 5. The van der Waals surface area contributed by atoms with Gasteiger partial charge in [0, 0.05) is 29.9 Å². The zero-order valence-electron chi connectivity index (χ0n) is 11.9. The molecule has 4 nitrogen and oxygen atoms in total. The van der Waals surface area contributed by atoms with Crippen molar-refractivity contribution in [2.45, 2.75) is 39.5 Å². The van der Waals surface area contributed by atoms with E-state index in [-0.39, 0.29) is 5.54 Å². The number of hydrogen-bond donors (Lipinski definition) is 1. The van der Waals surface area contributed by atoms with Crippen LogP contribution in [0.25, 0.3) is 0 Å². The van der Waals surface area contributed by atoms with Crippen molar-refractivity contribution < 1.29 is 9.15 Å². The van der Waals surface area contributed by atoms with E-state index in [1.54, 1.807) is 24.7 Å². The van der Waals surface area contributed by atoms with E-state index in [0.717, 1.165) is 17.9 Å². The molecule has 0 unspecified atom stereocenters. The largest absolute Gasteiger partial charge is 0.484 e. The molecule has 0 radical (unpaired) electrons. The van der Waals surface area contributed by atoms with Gasteiger partial charge in [-0.25, -0.2) is 0 Å². The van der Waals surface area contributed by atoms with Crippen molar-refractivity contribution in [3.8, 4) is 5.75 Å². The highest BCUT2D eigenvalue weighted by Gasteiger charge is 2.10. The summed E-state index contributed by atoms with van der Waals surface area (Å²) in [5, 5.41) is 3.96. The highest BCUT2D eigenvalue weighted by atomic mass is 35.5. The van der Waals surface area contributed by atoms with Gasteiger partial charge in [-0.15, -0.1) is 0 Å². The van der Waals surface area contributed by atoms with Crippen molar-refractivity contribution in [1.29, 1.82) is 0 Å². The van der Waals surface area contributed by atoms with Gasteiger partial charge in [-0.3, -0.25) is 4.98 Å². The van der Waals surface area contributed by atoms with Crippen LogP contribution in [-0.4, -0.2) is 10.5 Å². The first-order valence-corrected chi connectivity index (χ1v) is 6.85. The predicted molar refractivity (Wildman–Crippen MR) is 78.9 cm³/mol. The zero-order chi connectivity index (χ0) is 14.6. The van der Waals surface area contributed by atoms with E-state index in [1.807, 2.05) is 6.07 Å². The van der Waals surface area contributed by atoms with Crippen molar-refractivity contribution in [2.24, 2.45) is 0 Å². The fraction of sp³-hybridized carbons (Fsp3) is 0.400. The molecule has 0 aliphatic carbocycles. The molecule has 108 valence electrons. The molecular formula is C15H19ClN2O2. The van der Waals surface area contributed by atoms with Crippen LogP contribution in [0.2, 0.25) is 5.02 Å². The summed E-state index contributed by atoms with van der Waals surface area (Å²) in [7, 11) is 0. The van der Waals surface area contributed by atoms with Gasteiger partial charge in [0.15, 0.2) is 0 Å². The van der Waals surface area contributed by atoms with E-state index in [4.69, 9.17) is 20.8 Å².